The van der Waals surface area contributed by atoms with Gasteiger partial charge in [-0.3, -0.25) is 25.0 Å². The van der Waals surface area contributed by atoms with Crippen molar-refractivity contribution < 1.29 is 23.1 Å². The summed E-state index contributed by atoms with van der Waals surface area (Å²) in [5.74, 6) is -1.02. The second kappa shape index (κ2) is 13.0. The molecule has 0 spiro atoms. The topological polar surface area (TPSA) is 180 Å². The highest BCUT2D eigenvalue weighted by Gasteiger charge is 2.33. The fourth-order valence-corrected chi connectivity index (χ4v) is 6.89. The smallest absolute Gasteiger partial charge is 0.277 e. The minimum absolute atomic E-state index is 0.0355. The number of aromatic nitrogens is 3. The Bertz CT molecular complexity index is 2060. The van der Waals surface area contributed by atoms with Gasteiger partial charge in [-0.25, -0.2) is 18.4 Å². The van der Waals surface area contributed by atoms with Gasteiger partial charge in [-0.15, -0.1) is 0 Å². The maximum absolute atomic E-state index is 14.5. The summed E-state index contributed by atoms with van der Waals surface area (Å²) in [5, 5.41) is 25.8. The van der Waals surface area contributed by atoms with Gasteiger partial charge in [-0.1, -0.05) is 62.9 Å². The highest BCUT2D eigenvalue weighted by molar-refractivity contribution is 7.92. The number of fused-ring (bicyclic) bond motifs is 2. The molecule has 0 unspecified atom stereocenters. The number of non-ortho nitro benzene ring substituents is 2. The maximum atomic E-state index is 14.5. The fraction of sp³-hybridized carbons (Fsp3) is 0.281. The third-order valence-corrected chi connectivity index (χ3v) is 9.73. The molecule has 0 aliphatic rings. The van der Waals surface area contributed by atoms with Crippen molar-refractivity contribution in [3.63, 3.8) is 0 Å². The first-order valence-corrected chi connectivity index (χ1v) is 16.3. The number of amides is 1. The van der Waals surface area contributed by atoms with E-state index in [9.17, 15) is 33.4 Å². The Morgan fingerprint density at radius 3 is 2.11 bits per heavy atom. The molecule has 0 aliphatic carbocycles. The first-order chi connectivity index (χ1) is 21.9. The molecule has 3 aromatic carbocycles. The van der Waals surface area contributed by atoms with Crippen LogP contribution in [0.2, 0.25) is 0 Å². The van der Waals surface area contributed by atoms with E-state index in [1.165, 1.54) is 12.1 Å². The Balaban J connectivity index is 1.81. The van der Waals surface area contributed by atoms with E-state index in [1.807, 2.05) is 13.8 Å². The van der Waals surface area contributed by atoms with Crippen LogP contribution in [0.15, 0.2) is 76.5 Å². The van der Waals surface area contributed by atoms with Crippen molar-refractivity contribution >= 4 is 55.1 Å². The lowest BCUT2D eigenvalue weighted by Crippen LogP contribution is -2.20. The van der Waals surface area contributed by atoms with Crippen molar-refractivity contribution in [1.82, 2.24) is 14.5 Å². The van der Waals surface area contributed by atoms with Crippen LogP contribution >= 0.6 is 0 Å². The number of aryl methyl sites for hydroxylation is 1. The molecular formula is C32H32N6O7S. The number of rotatable bonds is 12. The second-order valence-corrected chi connectivity index (χ2v) is 13.0. The number of nitrogens with one attached hydrogen (secondary N) is 1. The molecule has 5 rings (SSSR count). The Morgan fingerprint density at radius 2 is 1.54 bits per heavy atom. The monoisotopic (exact) mass is 644 g/mol. The number of carbonyl (C=O) groups is 1. The first-order valence-electron chi connectivity index (χ1n) is 14.8. The number of unbranched alkanes of at least 4 members (excludes halogenated alkanes) is 1. The third-order valence-electron chi connectivity index (χ3n) is 7.91. The Hall–Kier alpha value is -5.24. The molecule has 2 aromatic heterocycles. The molecule has 0 bridgehead atoms. The molecule has 1 atom stereocenters. The summed E-state index contributed by atoms with van der Waals surface area (Å²) in [6, 6.07) is 15.8. The van der Waals surface area contributed by atoms with Gasteiger partial charge in [0.15, 0.2) is 5.65 Å². The van der Waals surface area contributed by atoms with Gasteiger partial charge in [0.25, 0.3) is 17.3 Å². The van der Waals surface area contributed by atoms with E-state index in [2.05, 4.69) is 12.2 Å². The number of nitro groups is 2. The van der Waals surface area contributed by atoms with Gasteiger partial charge in [0.1, 0.15) is 16.2 Å². The number of para-hydroxylation sites is 2. The zero-order chi connectivity index (χ0) is 33.2. The lowest BCUT2D eigenvalue weighted by molar-refractivity contribution is -0.394. The van der Waals surface area contributed by atoms with Gasteiger partial charge >= 0.3 is 0 Å². The van der Waals surface area contributed by atoms with Crippen molar-refractivity contribution in [2.45, 2.75) is 62.8 Å². The number of nitrogens with zero attached hydrogens (tertiary/aromatic N) is 5. The summed E-state index contributed by atoms with van der Waals surface area (Å²) in [4.78, 5) is 44.4. The largest absolute Gasteiger partial charge is 0.309 e. The molecule has 0 saturated heterocycles. The summed E-state index contributed by atoms with van der Waals surface area (Å²) in [6.07, 6.45) is 3.47. The van der Waals surface area contributed by atoms with Crippen LogP contribution < -0.4 is 5.32 Å². The third kappa shape index (κ3) is 6.29. The van der Waals surface area contributed by atoms with Crippen molar-refractivity contribution in [3.05, 3.63) is 98.1 Å². The lowest BCUT2D eigenvalue weighted by atomic mass is 9.99. The van der Waals surface area contributed by atoms with Gasteiger partial charge in [0.05, 0.1) is 37.4 Å². The van der Waals surface area contributed by atoms with Gasteiger partial charge < -0.3 is 9.88 Å². The number of hydrogen-bond acceptors (Lipinski definition) is 9. The summed E-state index contributed by atoms with van der Waals surface area (Å²) in [6.45, 7) is 6.21. The number of anilines is 1. The van der Waals surface area contributed by atoms with Crippen molar-refractivity contribution in [3.8, 4) is 0 Å². The van der Waals surface area contributed by atoms with E-state index in [-0.39, 0.29) is 44.8 Å². The number of nitro benzene ring substituents is 2. The molecule has 0 fully saturated rings. The molecule has 238 valence electrons. The molecule has 0 saturated carbocycles. The van der Waals surface area contributed by atoms with Crippen molar-refractivity contribution in [2.24, 2.45) is 5.92 Å². The number of sulfone groups is 1. The fourth-order valence-electron chi connectivity index (χ4n) is 5.36. The molecule has 13 nitrogen and oxygen atoms in total. The van der Waals surface area contributed by atoms with Crippen LogP contribution in [0.4, 0.5) is 17.2 Å². The SMILES string of the molecule is CCCC[C@H](CC)Cn1c(NC(=O)c2cc([N+](=O)[O-])cc([N+](=O)[O-])c2)c(S(=O)(=O)c2ccc(C)cc2)c2nc3ccccc3nc21. The lowest BCUT2D eigenvalue weighted by Gasteiger charge is -2.19. The summed E-state index contributed by atoms with van der Waals surface area (Å²) in [5.41, 5.74) is 0.375. The molecule has 0 aliphatic heterocycles. The predicted molar refractivity (Wildman–Crippen MR) is 173 cm³/mol. The van der Waals surface area contributed by atoms with Gasteiger partial charge in [0, 0.05) is 18.7 Å². The molecule has 46 heavy (non-hydrogen) atoms. The predicted octanol–water partition coefficient (Wildman–Crippen LogP) is 7.01. The van der Waals surface area contributed by atoms with E-state index in [1.54, 1.807) is 41.0 Å². The molecule has 1 amide bonds. The van der Waals surface area contributed by atoms with Crippen LogP contribution in [-0.4, -0.2) is 38.7 Å². The minimum Gasteiger partial charge on any atom is -0.309 e. The first kappa shape index (κ1) is 32.2. The standard InChI is InChI=1S/C32H32N6O7S/c1-4-6-9-21(5-2)19-36-30-28(33-26-10-7-8-11-27(26)34-30)29(46(44,45)25-14-12-20(3)13-15-25)31(36)35-32(39)22-16-23(37(40)41)18-24(17-22)38(42)43/h7-8,10-18,21H,4-6,9,19H2,1-3H3,(H,35,39)/t21-/m0/s1. The summed E-state index contributed by atoms with van der Waals surface area (Å²) in [7, 11) is -4.35. The Morgan fingerprint density at radius 1 is 0.935 bits per heavy atom. The van der Waals surface area contributed by atoms with E-state index in [0.717, 1.165) is 49.4 Å². The normalized spacial score (nSPS) is 12.3. The average molecular weight is 645 g/mol. The highest BCUT2D eigenvalue weighted by atomic mass is 32.2. The minimum atomic E-state index is -4.35. The quantitative estimate of drug-likeness (QED) is 0.110. The zero-order valence-electron chi connectivity index (χ0n) is 25.5. The van der Waals surface area contributed by atoms with Gasteiger partial charge in [0.2, 0.25) is 9.84 Å². The van der Waals surface area contributed by atoms with Crippen molar-refractivity contribution in [1.29, 1.82) is 0 Å². The molecule has 0 radical (unpaired) electrons. The maximum Gasteiger partial charge on any atom is 0.277 e. The van der Waals surface area contributed by atoms with E-state index in [0.29, 0.717) is 11.0 Å². The number of carbonyl (C=O) groups excluding carboxylic acids is 1. The van der Waals surface area contributed by atoms with Crippen LogP contribution in [-0.2, 0) is 16.4 Å². The Kier molecular flexibility index (Phi) is 9.10. The summed E-state index contributed by atoms with van der Waals surface area (Å²) < 4.78 is 30.5. The summed E-state index contributed by atoms with van der Waals surface area (Å²) >= 11 is 0. The Labute approximate surface area is 264 Å². The molecule has 2 heterocycles. The van der Waals surface area contributed by atoms with Gasteiger partial charge in [-0.2, -0.15) is 0 Å². The van der Waals surface area contributed by atoms with Crippen molar-refractivity contribution in [2.75, 3.05) is 5.32 Å². The zero-order valence-corrected chi connectivity index (χ0v) is 26.3. The number of hydrogen-bond donors (Lipinski definition) is 1. The van der Waals surface area contributed by atoms with E-state index < -0.39 is 37.0 Å². The van der Waals surface area contributed by atoms with Gasteiger partial charge in [-0.05, 0) is 43.5 Å². The highest BCUT2D eigenvalue weighted by Crippen LogP contribution is 2.38. The van der Waals surface area contributed by atoms with Crippen LogP contribution in [0, 0.1) is 33.1 Å². The van der Waals surface area contributed by atoms with E-state index in [4.69, 9.17) is 9.97 Å². The molecule has 5 aromatic rings. The van der Waals surface area contributed by atoms with Crippen LogP contribution in [0.1, 0.15) is 55.5 Å². The molecule has 1 N–H and O–H groups in total. The van der Waals surface area contributed by atoms with E-state index >= 15 is 0 Å². The van der Waals surface area contributed by atoms with Crippen LogP contribution in [0.3, 0.4) is 0 Å². The number of benzene rings is 3. The second-order valence-electron chi connectivity index (χ2n) is 11.1. The molecule has 14 heteroatoms. The van der Waals surface area contributed by atoms with Crippen LogP contribution in [0.25, 0.3) is 22.2 Å². The average Bonchev–Trinajstić information content (AvgIpc) is 3.33. The van der Waals surface area contributed by atoms with Crippen LogP contribution in [0.5, 0.6) is 0 Å². The molecular weight excluding hydrogens is 612 g/mol.